The van der Waals surface area contributed by atoms with Crippen LogP contribution in [0.1, 0.15) is 20.8 Å². The maximum atomic E-state index is 12.6. The van der Waals surface area contributed by atoms with Gasteiger partial charge in [0.15, 0.2) is 5.65 Å². The molecule has 94 valence electrons. The number of fused-ring (bicyclic) bond motifs is 3. The molecular formula is C13H16N4O. The van der Waals surface area contributed by atoms with Crippen molar-refractivity contribution >= 4 is 16.7 Å². The van der Waals surface area contributed by atoms with Crippen LogP contribution < -0.4 is 5.56 Å². The molecule has 3 heterocycles. The van der Waals surface area contributed by atoms with Gasteiger partial charge in [-0.15, -0.1) is 0 Å². The van der Waals surface area contributed by atoms with Gasteiger partial charge in [-0.05, 0) is 32.9 Å². The van der Waals surface area contributed by atoms with Crippen LogP contribution >= 0.6 is 0 Å². The first-order valence-corrected chi connectivity index (χ1v) is 5.95. The highest BCUT2D eigenvalue weighted by Crippen LogP contribution is 2.21. The van der Waals surface area contributed by atoms with E-state index in [1.165, 1.54) is 0 Å². The Bertz CT molecular complexity index is 798. The van der Waals surface area contributed by atoms with E-state index >= 15 is 0 Å². The van der Waals surface area contributed by atoms with E-state index in [0.29, 0.717) is 5.52 Å². The maximum absolute atomic E-state index is 12.6. The summed E-state index contributed by atoms with van der Waals surface area (Å²) < 4.78 is 5.50. The highest BCUT2D eigenvalue weighted by atomic mass is 16.1. The zero-order valence-electron chi connectivity index (χ0n) is 11.0. The Kier molecular flexibility index (Phi) is 2.00. The average Bonchev–Trinajstić information content (AvgIpc) is 2.83. The number of rotatable bonds is 0. The second-order valence-electron chi connectivity index (χ2n) is 5.55. The number of aryl methyl sites for hydroxylation is 1. The molecule has 0 aliphatic rings. The first-order chi connectivity index (χ1) is 8.41. The molecule has 0 atom stereocenters. The molecule has 0 bridgehead atoms. The van der Waals surface area contributed by atoms with Crippen molar-refractivity contribution in [2.45, 2.75) is 26.3 Å². The third-order valence-corrected chi connectivity index (χ3v) is 3.20. The fourth-order valence-electron chi connectivity index (χ4n) is 2.49. The van der Waals surface area contributed by atoms with Crippen molar-refractivity contribution in [1.29, 1.82) is 0 Å². The lowest BCUT2D eigenvalue weighted by molar-refractivity contribution is 0.399. The quantitative estimate of drug-likeness (QED) is 0.604. The van der Waals surface area contributed by atoms with E-state index in [2.05, 4.69) is 5.10 Å². The van der Waals surface area contributed by atoms with Gasteiger partial charge >= 0.3 is 0 Å². The number of aromatic nitrogens is 4. The Morgan fingerprint density at radius 3 is 2.61 bits per heavy atom. The van der Waals surface area contributed by atoms with Crippen LogP contribution in [0.3, 0.4) is 0 Å². The Balaban J connectivity index is 2.68. The highest BCUT2D eigenvalue weighted by molar-refractivity contribution is 5.75. The molecule has 5 heteroatoms. The molecule has 0 fully saturated rings. The molecule has 0 amide bonds. The van der Waals surface area contributed by atoms with Gasteiger partial charge < -0.3 is 0 Å². The summed E-state index contributed by atoms with van der Waals surface area (Å²) >= 11 is 0. The molecule has 0 N–H and O–H groups in total. The lowest BCUT2D eigenvalue weighted by Crippen LogP contribution is -2.34. The van der Waals surface area contributed by atoms with Crippen LogP contribution in [0, 0.1) is 0 Å². The van der Waals surface area contributed by atoms with Crippen LogP contribution in [0.2, 0.25) is 0 Å². The van der Waals surface area contributed by atoms with Gasteiger partial charge in [0.25, 0.3) is 5.56 Å². The molecule has 0 saturated heterocycles. The SMILES string of the molecule is Cn1ncc2c1n1cccc1c(=O)n2C(C)(C)C. The molecule has 0 unspecified atom stereocenters. The van der Waals surface area contributed by atoms with Gasteiger partial charge in [0, 0.05) is 18.8 Å². The fourth-order valence-corrected chi connectivity index (χ4v) is 2.49. The molecule has 3 rings (SSSR count). The van der Waals surface area contributed by atoms with Crippen molar-refractivity contribution in [3.05, 3.63) is 34.9 Å². The zero-order chi connectivity index (χ0) is 13.1. The van der Waals surface area contributed by atoms with Crippen molar-refractivity contribution in [3.63, 3.8) is 0 Å². The molecule has 0 spiro atoms. The number of hydrogen-bond donors (Lipinski definition) is 0. The van der Waals surface area contributed by atoms with Crippen molar-refractivity contribution in [3.8, 4) is 0 Å². The van der Waals surface area contributed by atoms with Gasteiger partial charge in [-0.2, -0.15) is 5.10 Å². The van der Waals surface area contributed by atoms with Crippen molar-refractivity contribution < 1.29 is 0 Å². The average molecular weight is 244 g/mol. The molecule has 0 aromatic carbocycles. The molecule has 0 aliphatic carbocycles. The zero-order valence-corrected chi connectivity index (χ0v) is 11.0. The standard InChI is InChI=1S/C13H16N4O/c1-13(2,3)17-10-8-14-15(4)11(10)16-7-5-6-9(16)12(17)18/h5-8H,1-4H3. The van der Waals surface area contributed by atoms with E-state index in [4.69, 9.17) is 0 Å². The molecule has 3 aromatic heterocycles. The molecule has 3 aromatic rings. The normalized spacial score (nSPS) is 12.7. The van der Waals surface area contributed by atoms with Crippen LogP contribution in [-0.4, -0.2) is 18.7 Å². The van der Waals surface area contributed by atoms with Crippen LogP contribution in [-0.2, 0) is 12.6 Å². The Morgan fingerprint density at radius 2 is 1.94 bits per heavy atom. The van der Waals surface area contributed by atoms with Gasteiger partial charge in [0.1, 0.15) is 11.0 Å². The van der Waals surface area contributed by atoms with Crippen molar-refractivity contribution in [2.24, 2.45) is 7.05 Å². The summed E-state index contributed by atoms with van der Waals surface area (Å²) in [6.45, 7) is 6.08. The molecule has 18 heavy (non-hydrogen) atoms. The fraction of sp³-hybridized carbons (Fsp3) is 0.385. The van der Waals surface area contributed by atoms with Crippen LogP contribution in [0.15, 0.2) is 29.3 Å². The van der Waals surface area contributed by atoms with Gasteiger partial charge in [-0.25, -0.2) is 0 Å². The molecule has 0 saturated carbocycles. The van der Waals surface area contributed by atoms with Crippen LogP contribution in [0.5, 0.6) is 0 Å². The Morgan fingerprint density at radius 1 is 1.22 bits per heavy atom. The van der Waals surface area contributed by atoms with Gasteiger partial charge in [0.2, 0.25) is 0 Å². The first-order valence-electron chi connectivity index (χ1n) is 5.95. The van der Waals surface area contributed by atoms with Crippen molar-refractivity contribution in [1.82, 2.24) is 18.7 Å². The lowest BCUT2D eigenvalue weighted by Gasteiger charge is -2.23. The maximum Gasteiger partial charge on any atom is 0.275 e. The molecular weight excluding hydrogens is 228 g/mol. The molecule has 0 aliphatic heterocycles. The molecule has 5 nitrogen and oxygen atoms in total. The smallest absolute Gasteiger partial charge is 0.275 e. The minimum Gasteiger partial charge on any atom is -0.297 e. The van der Waals surface area contributed by atoms with E-state index in [-0.39, 0.29) is 11.1 Å². The van der Waals surface area contributed by atoms with E-state index in [0.717, 1.165) is 11.2 Å². The number of nitrogens with zero attached hydrogens (tertiary/aromatic N) is 4. The second kappa shape index (κ2) is 3.25. The molecule has 0 radical (unpaired) electrons. The van der Waals surface area contributed by atoms with E-state index < -0.39 is 0 Å². The summed E-state index contributed by atoms with van der Waals surface area (Å²) in [7, 11) is 1.89. The van der Waals surface area contributed by atoms with Crippen LogP contribution in [0.25, 0.3) is 16.7 Å². The Labute approximate surface area is 104 Å². The minimum absolute atomic E-state index is 0.0213. The summed E-state index contributed by atoms with van der Waals surface area (Å²) in [5.74, 6) is 0. The third-order valence-electron chi connectivity index (χ3n) is 3.20. The second-order valence-corrected chi connectivity index (χ2v) is 5.55. The van der Waals surface area contributed by atoms with Gasteiger partial charge in [-0.1, -0.05) is 0 Å². The largest absolute Gasteiger partial charge is 0.297 e. The van der Waals surface area contributed by atoms with Gasteiger partial charge in [-0.3, -0.25) is 18.4 Å². The summed E-state index contributed by atoms with van der Waals surface area (Å²) in [5.41, 5.74) is 2.22. The van der Waals surface area contributed by atoms with E-state index in [9.17, 15) is 4.79 Å². The summed E-state index contributed by atoms with van der Waals surface area (Å²) in [6, 6.07) is 3.73. The predicted molar refractivity (Wildman–Crippen MR) is 70.9 cm³/mol. The Hall–Kier alpha value is -2.04. The highest BCUT2D eigenvalue weighted by Gasteiger charge is 2.22. The summed E-state index contributed by atoms with van der Waals surface area (Å²) in [4.78, 5) is 12.6. The third kappa shape index (κ3) is 1.27. The lowest BCUT2D eigenvalue weighted by atomic mass is 10.1. The topological polar surface area (TPSA) is 44.2 Å². The first kappa shape index (κ1) is 11.1. The van der Waals surface area contributed by atoms with Crippen LogP contribution in [0.4, 0.5) is 0 Å². The van der Waals surface area contributed by atoms with Gasteiger partial charge in [0.05, 0.1) is 6.20 Å². The van der Waals surface area contributed by atoms with E-state index in [1.807, 2.05) is 55.1 Å². The van der Waals surface area contributed by atoms with Crippen molar-refractivity contribution in [2.75, 3.05) is 0 Å². The predicted octanol–water partition coefficient (Wildman–Crippen LogP) is 1.74. The monoisotopic (exact) mass is 244 g/mol. The number of hydrogen-bond acceptors (Lipinski definition) is 2. The summed E-state index contributed by atoms with van der Waals surface area (Å²) in [6.07, 6.45) is 3.65. The van der Waals surface area contributed by atoms with E-state index in [1.54, 1.807) is 10.9 Å². The minimum atomic E-state index is -0.273. The summed E-state index contributed by atoms with van der Waals surface area (Å²) in [5, 5.41) is 4.28.